The minimum absolute atomic E-state index is 0.0789. The Kier molecular flexibility index (Phi) is 13.1. The van der Waals surface area contributed by atoms with Gasteiger partial charge in [0.15, 0.2) is 12.1 Å². The first-order valence-electron chi connectivity index (χ1n) is 15.9. The molecule has 4 heterocycles. The highest BCUT2D eigenvalue weighted by molar-refractivity contribution is 5.82. The van der Waals surface area contributed by atoms with Crippen molar-refractivity contribution in [3.05, 3.63) is 60.8 Å². The number of epoxide rings is 1. The molecule has 0 radical (unpaired) electrons. The summed E-state index contributed by atoms with van der Waals surface area (Å²) in [4.78, 5) is 24.4. The number of fused-ring (bicyclic) bond motifs is 3. The van der Waals surface area contributed by atoms with E-state index >= 15 is 0 Å². The Morgan fingerprint density at radius 2 is 1.64 bits per heavy atom. The fraction of sp³-hybridized carbons (Fsp3) is 0.636. The highest BCUT2D eigenvalue weighted by Gasteiger charge is 2.51. The number of carboxylic acid groups (broad SMARTS) is 1. The van der Waals surface area contributed by atoms with E-state index in [9.17, 15) is 40.2 Å². The molecule has 0 aromatic heterocycles. The van der Waals surface area contributed by atoms with Crippen molar-refractivity contribution in [2.45, 2.75) is 125 Å². The summed E-state index contributed by atoms with van der Waals surface area (Å²) in [5.41, 5.74) is 5.98. The Labute approximate surface area is 273 Å². The average Bonchev–Trinajstić information content (AvgIpc) is 3.72. The van der Waals surface area contributed by atoms with E-state index < -0.39 is 97.3 Å². The number of carboxylic acids is 1. The van der Waals surface area contributed by atoms with Gasteiger partial charge >= 0.3 is 11.9 Å². The van der Waals surface area contributed by atoms with E-state index in [1.165, 1.54) is 12.2 Å². The molecule has 0 aromatic rings. The van der Waals surface area contributed by atoms with Crippen molar-refractivity contribution in [2.75, 3.05) is 0 Å². The molecule has 3 saturated heterocycles. The molecular formula is C33H47NO13. The molecule has 0 aromatic carbocycles. The monoisotopic (exact) mass is 665 g/mol. The number of aliphatic hydroxyl groups excluding tert-OH is 4. The quantitative estimate of drug-likeness (QED) is 0.157. The number of carbonyl (C=O) groups is 2. The Morgan fingerprint density at radius 3 is 2.36 bits per heavy atom. The number of hydrogen-bond acceptors (Lipinski definition) is 13. The predicted octanol–water partition coefficient (Wildman–Crippen LogP) is 0.120. The summed E-state index contributed by atoms with van der Waals surface area (Å²) in [5.74, 6) is -5.45. The van der Waals surface area contributed by atoms with E-state index in [1.54, 1.807) is 56.4 Å². The zero-order valence-electron chi connectivity index (χ0n) is 26.4. The van der Waals surface area contributed by atoms with E-state index in [0.29, 0.717) is 6.42 Å². The Bertz CT molecular complexity index is 1220. The fourth-order valence-electron chi connectivity index (χ4n) is 6.00. The number of rotatable bonds is 3. The van der Waals surface area contributed by atoms with E-state index in [1.807, 2.05) is 6.08 Å². The average molecular weight is 666 g/mol. The van der Waals surface area contributed by atoms with Gasteiger partial charge in [0, 0.05) is 38.2 Å². The van der Waals surface area contributed by atoms with Crippen LogP contribution < -0.4 is 5.73 Å². The second-order valence-electron chi connectivity index (χ2n) is 12.6. The number of esters is 1. The third kappa shape index (κ3) is 10.6. The minimum Gasteiger partial charge on any atom is -0.481 e. The number of nitrogens with two attached hydrogens (primary N) is 1. The van der Waals surface area contributed by atoms with Crippen LogP contribution in [0.2, 0.25) is 0 Å². The predicted molar refractivity (Wildman–Crippen MR) is 165 cm³/mol. The Morgan fingerprint density at radius 1 is 0.936 bits per heavy atom. The van der Waals surface area contributed by atoms with Gasteiger partial charge in [0.2, 0.25) is 0 Å². The van der Waals surface area contributed by atoms with Crippen molar-refractivity contribution >= 4 is 11.9 Å². The van der Waals surface area contributed by atoms with Gasteiger partial charge in [-0.1, -0.05) is 48.6 Å². The molecule has 0 spiro atoms. The first kappa shape index (κ1) is 37.1. The van der Waals surface area contributed by atoms with Gasteiger partial charge in [-0.25, -0.2) is 4.79 Å². The van der Waals surface area contributed by atoms with Crippen LogP contribution in [0, 0.1) is 5.92 Å². The van der Waals surface area contributed by atoms with E-state index in [4.69, 9.17) is 29.4 Å². The number of allylic oxidation sites excluding steroid dienone is 6. The normalized spacial score (nSPS) is 47.2. The minimum atomic E-state index is -2.10. The maximum Gasteiger partial charge on any atom is 0.330 e. The number of hydrogen-bond donors (Lipinski definition) is 7. The van der Waals surface area contributed by atoms with Crippen molar-refractivity contribution in [3.8, 4) is 0 Å². The zero-order chi connectivity index (χ0) is 34.3. The molecule has 14 nitrogen and oxygen atoms in total. The first-order chi connectivity index (χ1) is 22.3. The summed E-state index contributed by atoms with van der Waals surface area (Å²) < 4.78 is 28.5. The summed E-state index contributed by atoms with van der Waals surface area (Å²) >= 11 is 0. The van der Waals surface area contributed by atoms with Crippen molar-refractivity contribution in [2.24, 2.45) is 11.7 Å². The van der Waals surface area contributed by atoms with Crippen LogP contribution in [0.1, 0.15) is 46.0 Å². The molecule has 0 aliphatic carbocycles. The lowest BCUT2D eigenvalue weighted by Crippen LogP contribution is -2.61. The van der Waals surface area contributed by atoms with Gasteiger partial charge < -0.3 is 60.1 Å². The third-order valence-electron chi connectivity index (χ3n) is 8.58. The van der Waals surface area contributed by atoms with Crippen LogP contribution in [0.15, 0.2) is 60.8 Å². The zero-order valence-corrected chi connectivity index (χ0v) is 26.4. The summed E-state index contributed by atoms with van der Waals surface area (Å²) in [5, 5.41) is 63.9. The fourth-order valence-corrected chi connectivity index (χ4v) is 6.00. The summed E-state index contributed by atoms with van der Waals surface area (Å²) in [6, 6.07) is -1.08. The summed E-state index contributed by atoms with van der Waals surface area (Å²) in [7, 11) is 0. The smallest absolute Gasteiger partial charge is 0.330 e. The maximum absolute atomic E-state index is 12.3. The standard InChI is InChI=1S/C33H47NO13/c1-18-10-8-6-4-3-5-7-9-11-21(45-32-30(39)28(34)29(38)19(2)44-32)15-25-27(31(40)41)22(36)17-33(42,47-25)16-20(35)14-24-23(46-24)12-13-26(37)43-18/h3-9,11-13,18-25,27-30,32,35-36,38-39,42H,10,14-17,34H2,1-2H3,(H,40,41)/b4-3+,7-5+,8-6+,11-9+,13-12+/t18-,19?,20+,21+,22+,23-,24-,25+,27-,28?,29?,30?,32?,33-/m1/s1. The van der Waals surface area contributed by atoms with E-state index in [0.717, 1.165) is 0 Å². The van der Waals surface area contributed by atoms with Crippen molar-refractivity contribution in [1.29, 1.82) is 0 Å². The number of cyclic esters (lactones) is 1. The lowest BCUT2D eigenvalue weighted by molar-refractivity contribution is -0.308. The summed E-state index contributed by atoms with van der Waals surface area (Å²) in [6.07, 6.45) is 5.25. The second kappa shape index (κ2) is 16.6. The van der Waals surface area contributed by atoms with Gasteiger partial charge in [0.25, 0.3) is 0 Å². The van der Waals surface area contributed by atoms with Crippen LogP contribution in [-0.4, -0.2) is 122 Å². The molecule has 47 heavy (non-hydrogen) atoms. The van der Waals surface area contributed by atoms with Crippen LogP contribution in [0.5, 0.6) is 0 Å². The molecule has 4 rings (SSSR count). The molecule has 4 aliphatic rings. The first-order valence-corrected chi connectivity index (χ1v) is 15.9. The van der Waals surface area contributed by atoms with Crippen LogP contribution in [0.4, 0.5) is 0 Å². The number of ether oxygens (including phenoxy) is 5. The maximum atomic E-state index is 12.3. The number of aliphatic hydroxyl groups is 5. The number of aliphatic carboxylic acids is 1. The van der Waals surface area contributed by atoms with Gasteiger partial charge in [-0.3, -0.25) is 4.79 Å². The molecule has 0 saturated carbocycles. The highest BCUT2D eigenvalue weighted by Crippen LogP contribution is 2.39. The highest BCUT2D eigenvalue weighted by atomic mass is 16.7. The lowest BCUT2D eigenvalue weighted by atomic mass is 9.83. The molecule has 14 atom stereocenters. The molecule has 0 amide bonds. The van der Waals surface area contributed by atoms with Gasteiger partial charge in [-0.05, 0) is 19.9 Å². The molecule has 8 N–H and O–H groups in total. The van der Waals surface area contributed by atoms with Crippen molar-refractivity contribution in [1.82, 2.24) is 0 Å². The van der Waals surface area contributed by atoms with Crippen LogP contribution in [-0.2, 0) is 33.3 Å². The lowest BCUT2D eigenvalue weighted by Gasteiger charge is -2.45. The molecule has 4 aliphatic heterocycles. The largest absolute Gasteiger partial charge is 0.481 e. The van der Waals surface area contributed by atoms with Crippen LogP contribution in [0.3, 0.4) is 0 Å². The molecule has 5 unspecified atom stereocenters. The van der Waals surface area contributed by atoms with Crippen molar-refractivity contribution in [3.63, 3.8) is 0 Å². The summed E-state index contributed by atoms with van der Waals surface area (Å²) in [6.45, 7) is 3.34. The van der Waals surface area contributed by atoms with Gasteiger partial charge in [-0.15, -0.1) is 0 Å². The SMILES string of the molecule is CC1OC(O[C@H]2/C=C/C=C/C=C/C=C/C[C@@H](C)OC(=O)/C=C/[C@H]3O[C@@H]3C[C@H](O)C[C@]3(O)C[C@H](O)[C@@H](C(=O)O)[C@H](C2)O3)C(O)C(N)C1O. The van der Waals surface area contributed by atoms with E-state index in [-0.39, 0.29) is 25.4 Å². The van der Waals surface area contributed by atoms with Crippen molar-refractivity contribution < 1.29 is 63.9 Å². The van der Waals surface area contributed by atoms with Crippen LogP contribution >= 0.6 is 0 Å². The van der Waals surface area contributed by atoms with Gasteiger partial charge in [-0.2, -0.15) is 0 Å². The van der Waals surface area contributed by atoms with E-state index in [2.05, 4.69) is 0 Å². The van der Waals surface area contributed by atoms with Gasteiger partial charge in [0.05, 0.1) is 48.8 Å². The molecular weight excluding hydrogens is 618 g/mol. The Hall–Kier alpha value is -2.76. The third-order valence-corrected chi connectivity index (χ3v) is 8.58. The molecule has 262 valence electrons. The Balaban J connectivity index is 1.58. The molecule has 14 heteroatoms. The molecule has 3 fully saturated rings. The molecule has 2 bridgehead atoms. The number of carbonyl (C=O) groups excluding carboxylic acids is 1. The van der Waals surface area contributed by atoms with Crippen LogP contribution in [0.25, 0.3) is 0 Å². The van der Waals surface area contributed by atoms with Gasteiger partial charge in [0.1, 0.15) is 24.2 Å². The second-order valence-corrected chi connectivity index (χ2v) is 12.6. The topological polar surface area (TPSA) is 231 Å².